The fraction of sp³-hybridized carbons (Fsp3) is 0.0833. The molecule has 20 heavy (non-hydrogen) atoms. The zero-order valence-corrected chi connectivity index (χ0v) is 10.0. The fourth-order valence-electron chi connectivity index (χ4n) is 1.66. The van der Waals surface area contributed by atoms with Crippen molar-refractivity contribution in [2.45, 2.75) is 6.92 Å². The summed E-state index contributed by atoms with van der Waals surface area (Å²) in [5.74, 6) is -5.29. The van der Waals surface area contributed by atoms with Gasteiger partial charge in [0.05, 0.1) is 0 Å². The van der Waals surface area contributed by atoms with E-state index in [1.54, 1.807) is 0 Å². The second-order valence-corrected chi connectivity index (χ2v) is 3.93. The van der Waals surface area contributed by atoms with Crippen LogP contribution in [-0.4, -0.2) is 20.9 Å². The molecule has 0 radical (unpaired) electrons. The number of halogens is 3. The highest BCUT2D eigenvalue weighted by Gasteiger charge is 2.19. The summed E-state index contributed by atoms with van der Waals surface area (Å²) in [6, 6.07) is 1.73. The minimum Gasteiger partial charge on any atom is -0.476 e. The number of rotatable bonds is 2. The quantitative estimate of drug-likeness (QED) is 0.910. The Morgan fingerprint density at radius 1 is 1.20 bits per heavy atom. The molecule has 0 aliphatic heterocycles. The Labute approximate surface area is 109 Å². The van der Waals surface area contributed by atoms with Crippen LogP contribution in [0.4, 0.5) is 13.2 Å². The van der Waals surface area contributed by atoms with Gasteiger partial charge < -0.3 is 5.11 Å². The topological polar surface area (TPSA) is 72.2 Å². The summed E-state index contributed by atoms with van der Waals surface area (Å²) in [5, 5.41) is 12.2. The van der Waals surface area contributed by atoms with Crippen molar-refractivity contribution in [1.29, 1.82) is 0 Å². The van der Waals surface area contributed by atoms with E-state index in [0.29, 0.717) is 16.8 Å². The average Bonchev–Trinajstić information content (AvgIpc) is 2.29. The molecule has 104 valence electrons. The molecule has 0 spiro atoms. The molecule has 8 heteroatoms. The van der Waals surface area contributed by atoms with Crippen molar-refractivity contribution in [2.75, 3.05) is 0 Å². The van der Waals surface area contributed by atoms with Gasteiger partial charge in [0.25, 0.3) is 0 Å². The highest BCUT2D eigenvalue weighted by Crippen LogP contribution is 2.19. The van der Waals surface area contributed by atoms with E-state index in [2.05, 4.69) is 5.10 Å². The van der Waals surface area contributed by atoms with Crippen molar-refractivity contribution in [3.8, 4) is 5.69 Å². The third kappa shape index (κ3) is 2.27. The van der Waals surface area contributed by atoms with E-state index in [0.717, 1.165) is 6.07 Å². The van der Waals surface area contributed by atoms with Gasteiger partial charge in [0.2, 0.25) is 11.1 Å². The van der Waals surface area contributed by atoms with Crippen molar-refractivity contribution in [2.24, 2.45) is 0 Å². The minimum atomic E-state index is -1.63. The van der Waals surface area contributed by atoms with Gasteiger partial charge >= 0.3 is 5.97 Å². The van der Waals surface area contributed by atoms with Crippen LogP contribution >= 0.6 is 0 Å². The summed E-state index contributed by atoms with van der Waals surface area (Å²) in [6.07, 6.45) is 0. The molecule has 0 bridgehead atoms. The third-order valence-electron chi connectivity index (χ3n) is 2.50. The predicted molar refractivity (Wildman–Crippen MR) is 61.4 cm³/mol. The first-order valence-electron chi connectivity index (χ1n) is 5.30. The highest BCUT2D eigenvalue weighted by atomic mass is 19.1. The Bertz CT molecular complexity index is 748. The lowest BCUT2D eigenvalue weighted by molar-refractivity contribution is 0.0686. The molecule has 0 saturated heterocycles. The van der Waals surface area contributed by atoms with Crippen LogP contribution in [-0.2, 0) is 0 Å². The first-order valence-corrected chi connectivity index (χ1v) is 5.30. The number of aromatic nitrogens is 2. The summed E-state index contributed by atoms with van der Waals surface area (Å²) in [7, 11) is 0. The first kappa shape index (κ1) is 13.8. The number of hydrogen-bond donors (Lipinski definition) is 1. The van der Waals surface area contributed by atoms with Crippen molar-refractivity contribution < 1.29 is 23.1 Å². The van der Waals surface area contributed by atoms with Gasteiger partial charge in [0.15, 0.2) is 11.6 Å². The summed E-state index contributed by atoms with van der Waals surface area (Å²) >= 11 is 0. The molecule has 0 atom stereocenters. The molecule has 0 fully saturated rings. The molecule has 2 rings (SSSR count). The van der Waals surface area contributed by atoms with E-state index in [1.807, 2.05) is 0 Å². The molecular formula is C12H7F3N2O3. The normalized spacial score (nSPS) is 10.6. The Hall–Kier alpha value is -2.64. The van der Waals surface area contributed by atoms with E-state index in [4.69, 9.17) is 5.11 Å². The van der Waals surface area contributed by atoms with Crippen LogP contribution in [0.25, 0.3) is 5.69 Å². The number of benzene rings is 1. The van der Waals surface area contributed by atoms with Gasteiger partial charge in [-0.3, -0.25) is 4.79 Å². The molecule has 1 heterocycles. The van der Waals surface area contributed by atoms with Crippen LogP contribution in [0, 0.1) is 24.4 Å². The van der Waals surface area contributed by atoms with Crippen molar-refractivity contribution in [3.63, 3.8) is 0 Å². The van der Waals surface area contributed by atoms with Gasteiger partial charge in [0.1, 0.15) is 11.5 Å². The highest BCUT2D eigenvalue weighted by molar-refractivity contribution is 5.84. The lowest BCUT2D eigenvalue weighted by atomic mass is 10.2. The van der Waals surface area contributed by atoms with Crippen LogP contribution < -0.4 is 5.43 Å². The molecule has 1 N–H and O–H groups in total. The van der Waals surface area contributed by atoms with E-state index in [1.165, 1.54) is 6.92 Å². The number of aryl methyl sites for hydroxylation is 1. The Morgan fingerprint density at radius 2 is 1.75 bits per heavy atom. The Balaban J connectivity index is 2.80. The Kier molecular flexibility index (Phi) is 3.31. The molecule has 0 saturated carbocycles. The predicted octanol–water partition coefficient (Wildman–Crippen LogP) is 1.66. The van der Waals surface area contributed by atoms with Crippen LogP contribution in [0.15, 0.2) is 23.0 Å². The molecular weight excluding hydrogens is 277 g/mol. The SMILES string of the molecule is Cc1cc(=O)c(C(=O)O)nn1-c1c(F)cc(F)cc1F. The van der Waals surface area contributed by atoms with Crippen LogP contribution in [0.1, 0.15) is 16.2 Å². The van der Waals surface area contributed by atoms with Crippen LogP contribution in [0.5, 0.6) is 0 Å². The number of aromatic carboxylic acids is 1. The number of carboxylic acids is 1. The van der Waals surface area contributed by atoms with Gasteiger partial charge in [0, 0.05) is 23.9 Å². The van der Waals surface area contributed by atoms with Crippen molar-refractivity contribution in [3.05, 3.63) is 57.3 Å². The van der Waals surface area contributed by atoms with Gasteiger partial charge in [-0.2, -0.15) is 5.10 Å². The van der Waals surface area contributed by atoms with E-state index >= 15 is 0 Å². The number of carboxylic acid groups (broad SMARTS) is 1. The molecule has 1 aromatic carbocycles. The average molecular weight is 284 g/mol. The van der Waals surface area contributed by atoms with Crippen molar-refractivity contribution in [1.82, 2.24) is 9.78 Å². The summed E-state index contributed by atoms with van der Waals surface area (Å²) < 4.78 is 40.7. The second kappa shape index (κ2) is 4.80. The van der Waals surface area contributed by atoms with Gasteiger partial charge in [-0.05, 0) is 6.92 Å². The number of hydrogen-bond acceptors (Lipinski definition) is 3. The Morgan fingerprint density at radius 3 is 2.25 bits per heavy atom. The molecule has 0 amide bonds. The maximum absolute atomic E-state index is 13.6. The molecule has 2 aromatic rings. The lowest BCUT2D eigenvalue weighted by Crippen LogP contribution is -2.23. The van der Waals surface area contributed by atoms with E-state index in [-0.39, 0.29) is 5.69 Å². The third-order valence-corrected chi connectivity index (χ3v) is 2.50. The monoisotopic (exact) mass is 284 g/mol. The maximum atomic E-state index is 13.6. The number of carbonyl (C=O) groups is 1. The molecule has 5 nitrogen and oxygen atoms in total. The fourth-order valence-corrected chi connectivity index (χ4v) is 1.66. The van der Waals surface area contributed by atoms with Crippen LogP contribution in [0.2, 0.25) is 0 Å². The summed E-state index contributed by atoms with van der Waals surface area (Å²) in [5.41, 5.74) is -2.54. The standard InChI is InChI=1S/C12H7F3N2O3/c1-5-2-9(18)10(12(19)20)16-17(5)11-7(14)3-6(13)4-8(11)15/h2-4H,1H3,(H,19,20). The van der Waals surface area contributed by atoms with Gasteiger partial charge in [-0.25, -0.2) is 22.6 Å². The molecule has 0 aliphatic carbocycles. The zero-order chi connectivity index (χ0) is 15.0. The summed E-state index contributed by atoms with van der Waals surface area (Å²) in [4.78, 5) is 22.2. The van der Waals surface area contributed by atoms with Gasteiger partial charge in [-0.1, -0.05) is 0 Å². The first-order chi connectivity index (χ1) is 9.31. The van der Waals surface area contributed by atoms with E-state index < -0.39 is 40.2 Å². The molecule has 0 aliphatic rings. The van der Waals surface area contributed by atoms with Crippen LogP contribution in [0.3, 0.4) is 0 Å². The van der Waals surface area contributed by atoms with E-state index in [9.17, 15) is 22.8 Å². The smallest absolute Gasteiger partial charge is 0.360 e. The molecule has 1 aromatic heterocycles. The minimum absolute atomic E-state index is 0.00408. The summed E-state index contributed by atoms with van der Waals surface area (Å²) in [6.45, 7) is 1.31. The largest absolute Gasteiger partial charge is 0.476 e. The van der Waals surface area contributed by atoms with Gasteiger partial charge in [-0.15, -0.1) is 0 Å². The number of nitrogens with zero attached hydrogens (tertiary/aromatic N) is 2. The second-order valence-electron chi connectivity index (χ2n) is 3.93. The zero-order valence-electron chi connectivity index (χ0n) is 10.0. The lowest BCUT2D eigenvalue weighted by Gasteiger charge is -2.11. The van der Waals surface area contributed by atoms with Crippen molar-refractivity contribution >= 4 is 5.97 Å². The maximum Gasteiger partial charge on any atom is 0.360 e. The molecule has 0 unspecified atom stereocenters.